The van der Waals surface area contributed by atoms with Crippen molar-refractivity contribution in [2.24, 2.45) is 0 Å². The van der Waals surface area contributed by atoms with Crippen LogP contribution < -0.4 is 5.32 Å². The Bertz CT molecular complexity index is 387. The van der Waals surface area contributed by atoms with Gasteiger partial charge in [0, 0.05) is 17.8 Å². The monoisotopic (exact) mass is 260 g/mol. The van der Waals surface area contributed by atoms with Crippen molar-refractivity contribution in [3.05, 3.63) is 29.8 Å². The topological polar surface area (TPSA) is 15.3 Å². The van der Waals surface area contributed by atoms with E-state index in [1.165, 1.54) is 49.9 Å². The van der Waals surface area contributed by atoms with Gasteiger partial charge in [-0.2, -0.15) is 0 Å². The third-order valence-electron chi connectivity index (χ3n) is 4.13. The molecule has 0 spiro atoms. The van der Waals surface area contributed by atoms with Crippen LogP contribution >= 0.6 is 0 Å². The first-order valence-electron chi connectivity index (χ1n) is 7.71. The third kappa shape index (κ3) is 4.24. The predicted molar refractivity (Wildman–Crippen MR) is 83.8 cm³/mol. The average molecular weight is 260 g/mol. The second kappa shape index (κ2) is 6.95. The lowest BCUT2D eigenvalue weighted by Crippen LogP contribution is -2.36. The lowest BCUT2D eigenvalue weighted by molar-refractivity contribution is 0.176. The largest absolute Gasteiger partial charge is 0.383 e. The summed E-state index contributed by atoms with van der Waals surface area (Å²) in [4.78, 5) is 2.54. The summed E-state index contributed by atoms with van der Waals surface area (Å²) >= 11 is 0. The van der Waals surface area contributed by atoms with Crippen LogP contribution in [-0.2, 0) is 6.42 Å². The predicted octanol–water partition coefficient (Wildman–Crippen LogP) is 3.92. The van der Waals surface area contributed by atoms with Gasteiger partial charge in [0.1, 0.15) is 0 Å². The van der Waals surface area contributed by atoms with E-state index < -0.39 is 0 Å². The van der Waals surface area contributed by atoms with Gasteiger partial charge in [0.25, 0.3) is 0 Å². The van der Waals surface area contributed by atoms with Gasteiger partial charge < -0.3 is 10.2 Å². The molecule has 0 bridgehead atoms. The number of anilines is 1. The van der Waals surface area contributed by atoms with Crippen LogP contribution in [0.5, 0.6) is 0 Å². The minimum Gasteiger partial charge on any atom is -0.383 e. The van der Waals surface area contributed by atoms with Crippen molar-refractivity contribution in [1.29, 1.82) is 0 Å². The molecule has 19 heavy (non-hydrogen) atoms. The van der Waals surface area contributed by atoms with Crippen LogP contribution in [0, 0.1) is 0 Å². The molecule has 1 aromatic carbocycles. The number of piperidine rings is 1. The molecule has 106 valence electrons. The first-order chi connectivity index (χ1) is 9.16. The molecule has 1 unspecified atom stereocenters. The van der Waals surface area contributed by atoms with Gasteiger partial charge in [0.2, 0.25) is 0 Å². The zero-order chi connectivity index (χ0) is 13.7. The van der Waals surface area contributed by atoms with E-state index >= 15 is 0 Å². The van der Waals surface area contributed by atoms with Gasteiger partial charge >= 0.3 is 0 Å². The molecular formula is C17H28N2. The molecule has 0 aliphatic carbocycles. The van der Waals surface area contributed by atoms with Gasteiger partial charge in [0.15, 0.2) is 0 Å². The molecule has 1 heterocycles. The standard InChI is InChI=1S/C17H28N2/c1-14(2)18-17-10-5-4-8-15(17)11-12-16-9-6-7-13-19(16)3/h4-5,8,10,14,16,18H,6-7,9,11-13H2,1-3H3. The molecule has 1 aromatic rings. The Labute approximate surface area is 118 Å². The lowest BCUT2D eigenvalue weighted by atomic mass is 9.96. The lowest BCUT2D eigenvalue weighted by Gasteiger charge is -2.32. The van der Waals surface area contributed by atoms with Crippen LogP contribution in [0.4, 0.5) is 5.69 Å². The number of aryl methyl sites for hydroxylation is 1. The smallest absolute Gasteiger partial charge is 0.0374 e. The Balaban J connectivity index is 1.94. The molecule has 0 aromatic heterocycles. The van der Waals surface area contributed by atoms with Crippen LogP contribution in [0.2, 0.25) is 0 Å². The van der Waals surface area contributed by atoms with E-state index in [-0.39, 0.29) is 0 Å². The first kappa shape index (κ1) is 14.4. The third-order valence-corrected chi connectivity index (χ3v) is 4.13. The van der Waals surface area contributed by atoms with Gasteiger partial charge in [-0.25, -0.2) is 0 Å². The molecule has 1 saturated heterocycles. The summed E-state index contributed by atoms with van der Waals surface area (Å²) in [7, 11) is 2.28. The maximum atomic E-state index is 3.56. The van der Waals surface area contributed by atoms with E-state index in [1.54, 1.807) is 0 Å². The van der Waals surface area contributed by atoms with Crippen molar-refractivity contribution in [2.45, 2.75) is 58.0 Å². The van der Waals surface area contributed by atoms with E-state index in [9.17, 15) is 0 Å². The maximum absolute atomic E-state index is 3.56. The second-order valence-corrected chi connectivity index (χ2v) is 6.13. The number of hydrogen-bond acceptors (Lipinski definition) is 2. The van der Waals surface area contributed by atoms with E-state index in [0.717, 1.165) is 6.04 Å². The van der Waals surface area contributed by atoms with Crippen LogP contribution in [0.1, 0.15) is 45.1 Å². The Morgan fingerprint density at radius 3 is 2.79 bits per heavy atom. The van der Waals surface area contributed by atoms with Crippen LogP contribution in [0.15, 0.2) is 24.3 Å². The molecule has 1 aliphatic heterocycles. The molecule has 2 heteroatoms. The molecule has 1 fully saturated rings. The molecular weight excluding hydrogens is 232 g/mol. The zero-order valence-electron chi connectivity index (χ0n) is 12.7. The highest BCUT2D eigenvalue weighted by Gasteiger charge is 2.18. The highest BCUT2D eigenvalue weighted by atomic mass is 15.1. The molecule has 2 nitrogen and oxygen atoms in total. The molecule has 0 saturated carbocycles. The van der Waals surface area contributed by atoms with Crippen molar-refractivity contribution >= 4 is 5.69 Å². The summed E-state index contributed by atoms with van der Waals surface area (Å²) in [5.41, 5.74) is 2.78. The zero-order valence-corrected chi connectivity index (χ0v) is 12.7. The van der Waals surface area contributed by atoms with Gasteiger partial charge in [0.05, 0.1) is 0 Å². The normalized spacial score (nSPS) is 20.7. The fourth-order valence-corrected chi connectivity index (χ4v) is 3.02. The summed E-state index contributed by atoms with van der Waals surface area (Å²) < 4.78 is 0. The van der Waals surface area contributed by atoms with E-state index in [2.05, 4.69) is 55.4 Å². The number of nitrogens with zero attached hydrogens (tertiary/aromatic N) is 1. The van der Waals surface area contributed by atoms with Gasteiger partial charge in [-0.3, -0.25) is 0 Å². The number of likely N-dealkylation sites (tertiary alicyclic amines) is 1. The van der Waals surface area contributed by atoms with Gasteiger partial charge in [-0.15, -0.1) is 0 Å². The average Bonchev–Trinajstić information content (AvgIpc) is 2.39. The van der Waals surface area contributed by atoms with Crippen molar-refractivity contribution in [1.82, 2.24) is 4.90 Å². The summed E-state index contributed by atoms with van der Waals surface area (Å²) in [5, 5.41) is 3.56. The highest BCUT2D eigenvalue weighted by Crippen LogP contribution is 2.23. The van der Waals surface area contributed by atoms with Crippen LogP contribution in [0.25, 0.3) is 0 Å². The van der Waals surface area contributed by atoms with Crippen LogP contribution in [-0.4, -0.2) is 30.6 Å². The van der Waals surface area contributed by atoms with Crippen molar-refractivity contribution in [3.8, 4) is 0 Å². The number of nitrogens with one attached hydrogen (secondary N) is 1. The summed E-state index contributed by atoms with van der Waals surface area (Å²) in [6.45, 7) is 5.67. The Hall–Kier alpha value is -1.02. The van der Waals surface area contributed by atoms with Gasteiger partial charge in [-0.05, 0) is 64.8 Å². The summed E-state index contributed by atoms with van der Waals surface area (Å²) in [6.07, 6.45) is 6.62. The van der Waals surface area contributed by atoms with Crippen molar-refractivity contribution in [3.63, 3.8) is 0 Å². The maximum Gasteiger partial charge on any atom is 0.0374 e. The second-order valence-electron chi connectivity index (χ2n) is 6.13. The molecule has 1 atom stereocenters. The molecule has 1 aliphatic rings. The van der Waals surface area contributed by atoms with Crippen LogP contribution in [0.3, 0.4) is 0 Å². The van der Waals surface area contributed by atoms with Crippen molar-refractivity contribution < 1.29 is 0 Å². The molecule has 1 N–H and O–H groups in total. The molecule has 2 rings (SSSR count). The highest BCUT2D eigenvalue weighted by molar-refractivity contribution is 5.51. The summed E-state index contributed by atoms with van der Waals surface area (Å²) in [6, 6.07) is 10.0. The number of para-hydroxylation sites is 1. The van der Waals surface area contributed by atoms with Gasteiger partial charge in [-0.1, -0.05) is 24.6 Å². The minimum absolute atomic E-state index is 0.499. The number of hydrogen-bond donors (Lipinski definition) is 1. The fourth-order valence-electron chi connectivity index (χ4n) is 3.02. The fraction of sp³-hybridized carbons (Fsp3) is 0.647. The number of rotatable bonds is 5. The Kier molecular flexibility index (Phi) is 5.26. The molecule has 0 radical (unpaired) electrons. The van der Waals surface area contributed by atoms with Crippen molar-refractivity contribution in [2.75, 3.05) is 18.9 Å². The van der Waals surface area contributed by atoms with E-state index in [4.69, 9.17) is 0 Å². The summed E-state index contributed by atoms with van der Waals surface area (Å²) in [5.74, 6) is 0. The SMILES string of the molecule is CC(C)Nc1ccccc1CCC1CCCCN1C. The molecule has 0 amide bonds. The number of benzene rings is 1. The first-order valence-corrected chi connectivity index (χ1v) is 7.71. The Morgan fingerprint density at radius 2 is 2.05 bits per heavy atom. The van der Waals surface area contributed by atoms with E-state index in [1.807, 2.05) is 0 Å². The Morgan fingerprint density at radius 1 is 1.26 bits per heavy atom. The van der Waals surface area contributed by atoms with E-state index in [0.29, 0.717) is 6.04 Å². The quantitative estimate of drug-likeness (QED) is 0.863. The minimum atomic E-state index is 0.499.